The molecule has 2 rings (SSSR count). The smallest absolute Gasteiger partial charge is 0.300 e. The molecular weight excluding hydrogens is 330 g/mol. The molecule has 0 saturated carbocycles. The number of likely N-dealkylation sites (N-methyl/N-ethyl adjacent to an activating group) is 1. The van der Waals surface area contributed by atoms with Crippen LogP contribution in [-0.2, 0) is 14.8 Å². The fourth-order valence-corrected chi connectivity index (χ4v) is 4.86. The topological polar surface area (TPSA) is 101 Å². The van der Waals surface area contributed by atoms with Crippen LogP contribution in [-0.4, -0.2) is 55.1 Å². The van der Waals surface area contributed by atoms with Gasteiger partial charge in [0.05, 0.1) is 11.5 Å². The molecule has 0 atom stereocenters. The molecule has 1 aliphatic rings. The zero-order valence-electron chi connectivity index (χ0n) is 10.3. The van der Waals surface area contributed by atoms with Crippen molar-refractivity contribution in [3.63, 3.8) is 0 Å². The van der Waals surface area contributed by atoms with Gasteiger partial charge in [0.2, 0.25) is 5.91 Å². The van der Waals surface area contributed by atoms with Crippen molar-refractivity contribution in [1.82, 2.24) is 9.21 Å². The van der Waals surface area contributed by atoms with E-state index in [1.54, 1.807) is 7.05 Å². The van der Waals surface area contributed by atoms with Crippen LogP contribution in [0.25, 0.3) is 0 Å². The van der Waals surface area contributed by atoms with Gasteiger partial charge in [0, 0.05) is 26.2 Å². The summed E-state index contributed by atoms with van der Waals surface area (Å²) in [5.74, 6) is -0.322. The highest BCUT2D eigenvalue weighted by molar-refractivity contribution is 7.91. The van der Waals surface area contributed by atoms with Gasteiger partial charge in [0.25, 0.3) is 15.7 Å². The molecule has 1 aromatic rings. The molecule has 11 heteroatoms. The lowest BCUT2D eigenvalue weighted by molar-refractivity contribution is -0.384. The van der Waals surface area contributed by atoms with Crippen LogP contribution in [0.5, 0.6) is 0 Å². The third kappa shape index (κ3) is 2.64. The number of carbonyl (C=O) groups is 1. The van der Waals surface area contributed by atoms with Crippen molar-refractivity contribution in [1.29, 1.82) is 0 Å². The molecule has 0 aromatic carbocycles. The first-order valence-corrected chi connectivity index (χ1v) is 8.05. The Bertz CT molecular complexity index is 671. The summed E-state index contributed by atoms with van der Waals surface area (Å²) in [6.07, 6.45) is 0. The molecule has 1 fully saturated rings. The second-order valence-corrected chi connectivity index (χ2v) is 7.95. The minimum atomic E-state index is -3.94. The summed E-state index contributed by atoms with van der Waals surface area (Å²) in [5.41, 5.74) is -0.448. The monoisotopic (exact) mass is 339 g/mol. The first kappa shape index (κ1) is 15.2. The fourth-order valence-electron chi connectivity index (χ4n) is 1.66. The first-order valence-electron chi connectivity index (χ1n) is 5.41. The van der Waals surface area contributed by atoms with Crippen LogP contribution in [0.15, 0.2) is 10.3 Å². The maximum Gasteiger partial charge on any atom is 0.300 e. The number of amides is 1. The molecule has 0 N–H and O–H groups in total. The number of thiophene rings is 1. The van der Waals surface area contributed by atoms with Gasteiger partial charge in [0.15, 0.2) is 4.34 Å². The molecule has 110 valence electrons. The molecule has 8 nitrogen and oxygen atoms in total. The first-order chi connectivity index (χ1) is 9.23. The van der Waals surface area contributed by atoms with Crippen molar-refractivity contribution in [2.45, 2.75) is 4.21 Å². The lowest BCUT2D eigenvalue weighted by Gasteiger charge is -2.30. The molecule has 0 unspecified atom stereocenters. The van der Waals surface area contributed by atoms with Crippen LogP contribution in [0.1, 0.15) is 0 Å². The minimum absolute atomic E-state index is 0.147. The van der Waals surface area contributed by atoms with E-state index in [2.05, 4.69) is 0 Å². The SMILES string of the molecule is CN1CCN(S(=O)(=O)c2cc([N+](=O)[O-])c(Cl)s2)CC1=O. The second-order valence-electron chi connectivity index (χ2n) is 4.14. The van der Waals surface area contributed by atoms with Gasteiger partial charge in [-0.25, -0.2) is 8.42 Å². The number of hydrogen-bond donors (Lipinski definition) is 0. The lowest BCUT2D eigenvalue weighted by Crippen LogP contribution is -2.50. The van der Waals surface area contributed by atoms with Crippen LogP contribution < -0.4 is 0 Å². The normalized spacial score (nSPS) is 17.5. The second kappa shape index (κ2) is 5.28. The Labute approximate surface area is 123 Å². The number of rotatable bonds is 3. The van der Waals surface area contributed by atoms with Crippen molar-refractivity contribution in [3.05, 3.63) is 20.5 Å². The summed E-state index contributed by atoms with van der Waals surface area (Å²) < 4.78 is 25.2. The summed E-state index contributed by atoms with van der Waals surface area (Å²) in [7, 11) is -2.36. The van der Waals surface area contributed by atoms with Crippen LogP contribution >= 0.6 is 22.9 Å². The van der Waals surface area contributed by atoms with Crippen molar-refractivity contribution in [2.24, 2.45) is 0 Å². The van der Waals surface area contributed by atoms with Crippen LogP contribution in [0.4, 0.5) is 5.69 Å². The highest BCUT2D eigenvalue weighted by Gasteiger charge is 2.34. The molecule has 1 saturated heterocycles. The van der Waals surface area contributed by atoms with Crippen molar-refractivity contribution in [3.8, 4) is 0 Å². The standard InChI is InChI=1S/C9H10ClN3O5S2/c1-11-2-3-12(5-7(11)14)20(17,18)8-4-6(13(15)16)9(10)19-8/h4H,2-3,5H2,1H3. The molecule has 2 heterocycles. The highest BCUT2D eigenvalue weighted by Crippen LogP contribution is 2.37. The number of sulfonamides is 1. The number of hydrogen-bond acceptors (Lipinski definition) is 6. The van der Waals surface area contributed by atoms with Crippen molar-refractivity contribution >= 4 is 44.6 Å². The molecule has 0 aliphatic carbocycles. The Balaban J connectivity index is 2.33. The minimum Gasteiger partial charge on any atom is -0.343 e. The third-order valence-corrected chi connectivity index (χ3v) is 6.49. The zero-order chi connectivity index (χ0) is 15.1. The number of nitrogens with zero attached hydrogens (tertiary/aromatic N) is 3. The Kier molecular flexibility index (Phi) is 4.00. The van der Waals surface area contributed by atoms with E-state index in [0.717, 1.165) is 10.4 Å². The molecule has 1 amide bonds. The van der Waals surface area contributed by atoms with E-state index in [0.29, 0.717) is 11.3 Å². The lowest BCUT2D eigenvalue weighted by atomic mass is 10.4. The summed E-state index contributed by atoms with van der Waals surface area (Å²) in [5, 5.41) is 10.7. The maximum absolute atomic E-state index is 12.3. The fraction of sp³-hybridized carbons (Fsp3) is 0.444. The summed E-state index contributed by atoms with van der Waals surface area (Å²) in [4.78, 5) is 22.9. The van der Waals surface area contributed by atoms with Crippen LogP contribution in [0, 0.1) is 10.1 Å². The molecule has 0 bridgehead atoms. The van der Waals surface area contributed by atoms with Gasteiger partial charge in [-0.05, 0) is 0 Å². The van der Waals surface area contributed by atoms with E-state index in [9.17, 15) is 23.3 Å². The van der Waals surface area contributed by atoms with E-state index in [1.807, 2.05) is 0 Å². The average Bonchev–Trinajstić information content (AvgIpc) is 2.75. The molecule has 1 aromatic heterocycles. The van der Waals surface area contributed by atoms with E-state index < -0.39 is 20.6 Å². The average molecular weight is 340 g/mol. The Morgan fingerprint density at radius 2 is 2.10 bits per heavy atom. The van der Waals surface area contributed by atoms with Gasteiger partial charge in [-0.2, -0.15) is 4.31 Å². The molecule has 0 radical (unpaired) electrons. The number of nitro groups is 1. The quantitative estimate of drug-likeness (QED) is 0.598. The van der Waals surface area contributed by atoms with E-state index in [1.165, 1.54) is 4.90 Å². The predicted octanol–water partition coefficient (Wildman–Crippen LogP) is 0.772. The third-order valence-electron chi connectivity index (χ3n) is 2.86. The van der Waals surface area contributed by atoms with Gasteiger partial charge in [-0.3, -0.25) is 14.9 Å². The van der Waals surface area contributed by atoms with Gasteiger partial charge in [-0.1, -0.05) is 11.6 Å². The van der Waals surface area contributed by atoms with Crippen molar-refractivity contribution < 1.29 is 18.1 Å². The van der Waals surface area contributed by atoms with Gasteiger partial charge in [0.1, 0.15) is 4.21 Å². The molecule has 0 spiro atoms. The van der Waals surface area contributed by atoms with Crippen LogP contribution in [0.2, 0.25) is 4.34 Å². The zero-order valence-corrected chi connectivity index (χ0v) is 12.7. The molecule has 1 aliphatic heterocycles. The van der Waals surface area contributed by atoms with E-state index >= 15 is 0 Å². The number of halogens is 1. The molecule has 20 heavy (non-hydrogen) atoms. The van der Waals surface area contributed by atoms with E-state index in [4.69, 9.17) is 11.6 Å². The highest BCUT2D eigenvalue weighted by atomic mass is 35.5. The van der Waals surface area contributed by atoms with Crippen LogP contribution in [0.3, 0.4) is 0 Å². The summed E-state index contributed by atoms with van der Waals surface area (Å²) in [6, 6.07) is 0.922. The van der Waals surface area contributed by atoms with E-state index in [-0.39, 0.29) is 34.1 Å². The number of carbonyl (C=O) groups excluding carboxylic acids is 1. The molecular formula is C9H10ClN3O5S2. The van der Waals surface area contributed by atoms with Crippen molar-refractivity contribution in [2.75, 3.05) is 26.7 Å². The summed E-state index contributed by atoms with van der Waals surface area (Å²) >= 11 is 6.27. The van der Waals surface area contributed by atoms with Gasteiger partial charge < -0.3 is 4.90 Å². The number of piperazine rings is 1. The Morgan fingerprint density at radius 3 is 2.60 bits per heavy atom. The predicted molar refractivity (Wildman–Crippen MR) is 72.4 cm³/mol. The Morgan fingerprint density at radius 1 is 1.45 bits per heavy atom. The maximum atomic E-state index is 12.3. The van der Waals surface area contributed by atoms with Gasteiger partial charge >= 0.3 is 0 Å². The Hall–Kier alpha value is -1.23. The largest absolute Gasteiger partial charge is 0.343 e. The van der Waals surface area contributed by atoms with Gasteiger partial charge in [-0.15, -0.1) is 11.3 Å². The summed E-state index contributed by atoms with van der Waals surface area (Å²) in [6.45, 7) is 0.148.